The Morgan fingerprint density at radius 3 is 1.88 bits per heavy atom. The number of ether oxygens (including phenoxy) is 4. The number of esters is 3. The van der Waals surface area contributed by atoms with Gasteiger partial charge in [0.1, 0.15) is 18.6 Å². The first-order valence-electron chi connectivity index (χ1n) is 7.69. The minimum absolute atomic E-state index is 0.106. The van der Waals surface area contributed by atoms with Crippen LogP contribution in [-0.2, 0) is 42.9 Å². The van der Waals surface area contributed by atoms with Crippen LogP contribution in [0.25, 0.3) is 0 Å². The number of rotatable bonds is 5. The quantitative estimate of drug-likeness (QED) is 0.486. The third-order valence-electron chi connectivity index (χ3n) is 3.25. The zero-order valence-corrected chi connectivity index (χ0v) is 15.1. The van der Waals surface area contributed by atoms with Crippen molar-refractivity contribution in [2.45, 2.75) is 52.9 Å². The largest absolute Gasteiger partial charge is 0.488 e. The highest BCUT2D eigenvalue weighted by atomic mass is 16.6. The molecule has 1 aliphatic heterocycles. The van der Waals surface area contributed by atoms with Crippen molar-refractivity contribution in [2.24, 2.45) is 0 Å². The second-order valence-electron chi connectivity index (χ2n) is 5.50. The third kappa shape index (κ3) is 5.57. The predicted octanol–water partition coefficient (Wildman–Crippen LogP) is 0.0481. The molecule has 0 unspecified atom stereocenters. The van der Waals surface area contributed by atoms with Gasteiger partial charge in [0.2, 0.25) is 11.8 Å². The molecule has 2 amide bonds. The Bertz CT molecular complexity index is 626. The van der Waals surface area contributed by atoms with Crippen molar-refractivity contribution in [1.82, 2.24) is 4.90 Å². The highest BCUT2D eigenvalue weighted by Gasteiger charge is 2.45. The second kappa shape index (κ2) is 8.97. The monoisotopic (exact) mass is 371 g/mol. The Labute approximate surface area is 150 Å². The number of imide groups is 1. The van der Waals surface area contributed by atoms with E-state index in [1.54, 1.807) is 0 Å². The molecular weight excluding hydrogens is 350 g/mol. The molecule has 144 valence electrons. The first-order valence-corrected chi connectivity index (χ1v) is 7.69. The van der Waals surface area contributed by atoms with E-state index in [-0.39, 0.29) is 12.3 Å². The highest BCUT2D eigenvalue weighted by Crippen LogP contribution is 2.28. The average molecular weight is 371 g/mol. The summed E-state index contributed by atoms with van der Waals surface area (Å²) < 4.78 is 20.6. The van der Waals surface area contributed by atoms with Gasteiger partial charge in [0.05, 0.1) is 0 Å². The summed E-state index contributed by atoms with van der Waals surface area (Å²) in [6.45, 7) is 5.40. The predicted molar refractivity (Wildman–Crippen MR) is 83.9 cm³/mol. The van der Waals surface area contributed by atoms with Crippen molar-refractivity contribution in [1.29, 1.82) is 0 Å². The standard InChI is InChI=1S/C16H21NO9/c1-8(18)17(9(2)19)13-6-24-14(7-23-10(3)20)16(26-12(5)22)15(13)25-11(4)21/h6,14-16H,7H2,1-5H3/t14-,15-,16-/m1/s1. The molecule has 0 saturated carbocycles. The van der Waals surface area contributed by atoms with Crippen LogP contribution in [0, 0.1) is 0 Å². The van der Waals surface area contributed by atoms with Gasteiger partial charge < -0.3 is 18.9 Å². The summed E-state index contributed by atoms with van der Waals surface area (Å²) in [6, 6.07) is 0. The van der Waals surface area contributed by atoms with Crippen molar-refractivity contribution in [2.75, 3.05) is 6.61 Å². The molecule has 0 N–H and O–H groups in total. The number of amides is 2. The van der Waals surface area contributed by atoms with Gasteiger partial charge in [-0.2, -0.15) is 0 Å². The fourth-order valence-corrected chi connectivity index (χ4v) is 2.40. The van der Waals surface area contributed by atoms with E-state index in [1.807, 2.05) is 0 Å². The van der Waals surface area contributed by atoms with Gasteiger partial charge in [-0.3, -0.25) is 24.0 Å². The van der Waals surface area contributed by atoms with Gasteiger partial charge in [-0.25, -0.2) is 4.90 Å². The van der Waals surface area contributed by atoms with Gasteiger partial charge in [-0.15, -0.1) is 0 Å². The molecule has 0 aliphatic carbocycles. The molecular formula is C16H21NO9. The average Bonchev–Trinajstić information content (AvgIpc) is 2.47. The maximum absolute atomic E-state index is 11.8. The third-order valence-corrected chi connectivity index (χ3v) is 3.25. The van der Waals surface area contributed by atoms with Crippen LogP contribution in [0.4, 0.5) is 0 Å². The number of nitrogens with zero attached hydrogens (tertiary/aromatic N) is 1. The molecule has 10 nitrogen and oxygen atoms in total. The molecule has 1 heterocycles. The summed E-state index contributed by atoms with van der Waals surface area (Å²) in [5.74, 6) is -3.35. The van der Waals surface area contributed by atoms with E-state index in [0.717, 1.165) is 38.9 Å². The van der Waals surface area contributed by atoms with Crippen LogP contribution >= 0.6 is 0 Å². The van der Waals surface area contributed by atoms with Crippen LogP contribution in [0.15, 0.2) is 12.0 Å². The van der Waals surface area contributed by atoms with E-state index in [2.05, 4.69) is 0 Å². The minimum Gasteiger partial charge on any atom is -0.488 e. The maximum atomic E-state index is 11.8. The van der Waals surface area contributed by atoms with Gasteiger partial charge in [-0.05, 0) is 0 Å². The molecule has 0 saturated heterocycles. The lowest BCUT2D eigenvalue weighted by molar-refractivity contribution is -0.183. The molecule has 1 rings (SSSR count). The van der Waals surface area contributed by atoms with E-state index in [1.165, 1.54) is 6.92 Å². The van der Waals surface area contributed by atoms with Crippen LogP contribution in [0.5, 0.6) is 0 Å². The van der Waals surface area contributed by atoms with Gasteiger partial charge in [0.25, 0.3) is 0 Å². The lowest BCUT2D eigenvalue weighted by Gasteiger charge is -2.38. The summed E-state index contributed by atoms with van der Waals surface area (Å²) in [6.07, 6.45) is -2.50. The lowest BCUT2D eigenvalue weighted by Crippen LogP contribution is -2.53. The molecule has 0 radical (unpaired) electrons. The molecule has 0 aromatic carbocycles. The Kier molecular flexibility index (Phi) is 7.29. The summed E-state index contributed by atoms with van der Waals surface area (Å²) in [5.41, 5.74) is -0.106. The van der Waals surface area contributed by atoms with Gasteiger partial charge in [0.15, 0.2) is 18.3 Å². The van der Waals surface area contributed by atoms with Crippen LogP contribution in [0.1, 0.15) is 34.6 Å². The van der Waals surface area contributed by atoms with Crippen molar-refractivity contribution >= 4 is 29.7 Å². The van der Waals surface area contributed by atoms with Gasteiger partial charge in [-0.1, -0.05) is 0 Å². The van der Waals surface area contributed by atoms with Crippen LogP contribution in [-0.4, -0.2) is 59.5 Å². The van der Waals surface area contributed by atoms with Gasteiger partial charge in [0, 0.05) is 34.6 Å². The molecule has 26 heavy (non-hydrogen) atoms. The molecule has 0 spiro atoms. The molecule has 3 atom stereocenters. The molecule has 0 fully saturated rings. The summed E-state index contributed by atoms with van der Waals surface area (Å²) >= 11 is 0. The van der Waals surface area contributed by atoms with Crippen LogP contribution in [0.2, 0.25) is 0 Å². The molecule has 0 bridgehead atoms. The Morgan fingerprint density at radius 2 is 1.46 bits per heavy atom. The Hall–Kier alpha value is -2.91. The maximum Gasteiger partial charge on any atom is 0.303 e. The molecule has 0 aromatic rings. The minimum atomic E-state index is -1.31. The SMILES string of the molecule is CC(=O)OC[C@H]1OC=C(N(C(C)=O)C(C)=O)[C@@H](OC(C)=O)[C@@H]1OC(C)=O. The number of hydrogen-bond donors (Lipinski definition) is 0. The Balaban J connectivity index is 3.33. The lowest BCUT2D eigenvalue weighted by atomic mass is 10.0. The van der Waals surface area contributed by atoms with Gasteiger partial charge >= 0.3 is 17.9 Å². The topological polar surface area (TPSA) is 126 Å². The fraction of sp³-hybridized carbons (Fsp3) is 0.562. The summed E-state index contributed by atoms with van der Waals surface area (Å²) in [5, 5.41) is 0. The second-order valence-corrected chi connectivity index (χ2v) is 5.50. The molecule has 1 aliphatic rings. The van der Waals surface area contributed by atoms with Crippen molar-refractivity contribution in [3.8, 4) is 0 Å². The summed E-state index contributed by atoms with van der Waals surface area (Å²) in [7, 11) is 0. The van der Waals surface area contributed by atoms with E-state index in [0.29, 0.717) is 0 Å². The smallest absolute Gasteiger partial charge is 0.303 e. The van der Waals surface area contributed by atoms with Crippen molar-refractivity contribution in [3.63, 3.8) is 0 Å². The molecule has 10 heteroatoms. The highest BCUT2D eigenvalue weighted by molar-refractivity contribution is 5.95. The van der Waals surface area contributed by atoms with Crippen molar-refractivity contribution < 1.29 is 42.9 Å². The zero-order valence-electron chi connectivity index (χ0n) is 15.1. The first kappa shape index (κ1) is 21.1. The zero-order chi connectivity index (χ0) is 20.0. The normalized spacial score (nSPS) is 21.6. The first-order chi connectivity index (χ1) is 12.0. The van der Waals surface area contributed by atoms with Crippen LogP contribution in [0.3, 0.4) is 0 Å². The molecule has 0 aromatic heterocycles. The Morgan fingerprint density at radius 1 is 0.923 bits per heavy atom. The van der Waals surface area contributed by atoms with Crippen molar-refractivity contribution in [3.05, 3.63) is 12.0 Å². The van der Waals surface area contributed by atoms with E-state index in [9.17, 15) is 24.0 Å². The van der Waals surface area contributed by atoms with E-state index in [4.69, 9.17) is 18.9 Å². The number of carbonyl (C=O) groups excluding carboxylic acids is 5. The van der Waals surface area contributed by atoms with E-state index >= 15 is 0 Å². The van der Waals surface area contributed by atoms with Crippen LogP contribution < -0.4 is 0 Å². The summed E-state index contributed by atoms with van der Waals surface area (Å²) in [4.78, 5) is 58.4. The fourth-order valence-electron chi connectivity index (χ4n) is 2.40. The van der Waals surface area contributed by atoms with E-state index < -0.39 is 48.0 Å². The number of carbonyl (C=O) groups is 5. The number of hydrogen-bond acceptors (Lipinski definition) is 9.